The molecule has 2 aromatic heterocycles. The molecule has 1 aromatic carbocycles. The van der Waals surface area contributed by atoms with Crippen LogP contribution in [0.5, 0.6) is 0 Å². The summed E-state index contributed by atoms with van der Waals surface area (Å²) >= 11 is 2.69. The van der Waals surface area contributed by atoms with Crippen molar-refractivity contribution in [2.24, 2.45) is 0 Å². The summed E-state index contributed by atoms with van der Waals surface area (Å²) in [6.07, 6.45) is -4.56. The van der Waals surface area contributed by atoms with Gasteiger partial charge in [-0.15, -0.1) is 10.2 Å². The first-order chi connectivity index (χ1) is 11.9. The van der Waals surface area contributed by atoms with E-state index >= 15 is 0 Å². The van der Waals surface area contributed by atoms with Crippen LogP contribution in [-0.2, 0) is 6.18 Å². The van der Waals surface area contributed by atoms with E-state index in [1.807, 2.05) is 36.6 Å². The number of para-hydroxylation sites is 1. The Balaban J connectivity index is 1.68. The normalized spacial score (nSPS) is 19.4. The minimum atomic E-state index is -4.56. The standard InChI is InChI=1S/C15H10F3N5S2/c1-7-11(8-4-2-3-5-9(8)19-7)12-22-10(6-24-12)25-14-21-20-13(23(14)22)15(16,17)18/h2-6,12,19H,1H3. The fraction of sp³-hybridized carbons (Fsp3) is 0.200. The number of aryl methyl sites for hydroxylation is 1. The molecule has 0 amide bonds. The van der Waals surface area contributed by atoms with E-state index in [0.29, 0.717) is 0 Å². The van der Waals surface area contributed by atoms with Crippen LogP contribution in [0.25, 0.3) is 10.9 Å². The first-order valence-electron chi connectivity index (χ1n) is 7.38. The summed E-state index contributed by atoms with van der Waals surface area (Å²) < 4.78 is 41.1. The number of alkyl halides is 3. The molecule has 0 aliphatic carbocycles. The fourth-order valence-electron chi connectivity index (χ4n) is 3.22. The Labute approximate surface area is 148 Å². The zero-order chi connectivity index (χ0) is 17.3. The van der Waals surface area contributed by atoms with Crippen LogP contribution in [0.15, 0.2) is 39.9 Å². The quantitative estimate of drug-likeness (QED) is 0.678. The van der Waals surface area contributed by atoms with Crippen LogP contribution >= 0.6 is 23.5 Å². The number of aromatic nitrogens is 4. The van der Waals surface area contributed by atoms with E-state index in [2.05, 4.69) is 15.2 Å². The number of hydrogen-bond acceptors (Lipinski definition) is 5. The largest absolute Gasteiger partial charge is 0.453 e. The lowest BCUT2D eigenvalue weighted by Crippen LogP contribution is -2.33. The Hall–Kier alpha value is -2.07. The molecule has 2 aliphatic heterocycles. The molecular formula is C15H10F3N5S2. The number of H-pyrrole nitrogens is 1. The minimum absolute atomic E-state index is 0.237. The lowest BCUT2D eigenvalue weighted by Gasteiger charge is -2.26. The van der Waals surface area contributed by atoms with Crippen molar-refractivity contribution in [2.75, 3.05) is 5.01 Å². The monoisotopic (exact) mass is 381 g/mol. The summed E-state index contributed by atoms with van der Waals surface area (Å²) in [5.74, 6) is -0.997. The topological polar surface area (TPSA) is 49.7 Å². The molecule has 0 fully saturated rings. The first-order valence-corrected chi connectivity index (χ1v) is 9.14. The maximum absolute atomic E-state index is 13.3. The Bertz CT molecular complexity index is 1040. The average molecular weight is 381 g/mol. The smallest absolute Gasteiger partial charge is 0.358 e. The molecule has 25 heavy (non-hydrogen) atoms. The third-order valence-corrected chi connectivity index (χ3v) is 6.37. The highest BCUT2D eigenvalue weighted by atomic mass is 32.2. The SMILES string of the molecule is Cc1[nH]c2ccccc2c1C1SC=C2Sc3nnc(C(F)(F)F)n3N21. The number of hydrogen-bond donors (Lipinski definition) is 1. The van der Waals surface area contributed by atoms with Gasteiger partial charge in [0.05, 0.1) is 0 Å². The molecule has 4 heterocycles. The molecule has 0 saturated heterocycles. The molecule has 128 valence electrons. The van der Waals surface area contributed by atoms with Gasteiger partial charge < -0.3 is 4.98 Å². The minimum Gasteiger partial charge on any atom is -0.358 e. The van der Waals surface area contributed by atoms with Crippen LogP contribution in [0.3, 0.4) is 0 Å². The van der Waals surface area contributed by atoms with Crippen molar-refractivity contribution in [3.63, 3.8) is 0 Å². The summed E-state index contributed by atoms with van der Waals surface area (Å²) in [6.45, 7) is 1.94. The van der Waals surface area contributed by atoms with Crippen molar-refractivity contribution in [1.82, 2.24) is 19.9 Å². The molecule has 1 unspecified atom stereocenters. The van der Waals surface area contributed by atoms with Gasteiger partial charge in [-0.25, -0.2) is 4.68 Å². The second-order valence-corrected chi connectivity index (χ2v) is 7.66. The number of benzene rings is 1. The molecular weight excluding hydrogens is 371 g/mol. The average Bonchev–Trinajstić information content (AvgIpc) is 3.24. The number of thioether (sulfide) groups is 2. The van der Waals surface area contributed by atoms with Gasteiger partial charge in [0.15, 0.2) is 0 Å². The third-order valence-electron chi connectivity index (χ3n) is 4.21. The van der Waals surface area contributed by atoms with Crippen LogP contribution in [0.1, 0.15) is 22.5 Å². The molecule has 3 aromatic rings. The Morgan fingerprint density at radius 3 is 2.80 bits per heavy atom. The van der Waals surface area contributed by atoms with Gasteiger partial charge in [0, 0.05) is 27.6 Å². The van der Waals surface area contributed by atoms with Gasteiger partial charge >= 0.3 is 6.18 Å². The van der Waals surface area contributed by atoms with Crippen LogP contribution in [0.4, 0.5) is 13.2 Å². The molecule has 0 spiro atoms. The summed E-state index contributed by atoms with van der Waals surface area (Å²) in [6, 6.07) is 7.80. The van der Waals surface area contributed by atoms with Crippen molar-refractivity contribution in [3.05, 3.63) is 51.8 Å². The number of nitrogens with zero attached hydrogens (tertiary/aromatic N) is 4. The first kappa shape index (κ1) is 15.2. The Morgan fingerprint density at radius 2 is 2.00 bits per heavy atom. The van der Waals surface area contributed by atoms with Gasteiger partial charge in [0.2, 0.25) is 5.16 Å². The molecule has 0 bridgehead atoms. The molecule has 5 rings (SSSR count). The lowest BCUT2D eigenvalue weighted by atomic mass is 10.1. The van der Waals surface area contributed by atoms with Crippen LogP contribution in [0.2, 0.25) is 0 Å². The second kappa shape index (κ2) is 4.98. The highest BCUT2D eigenvalue weighted by molar-refractivity contribution is 8.07. The van der Waals surface area contributed by atoms with Gasteiger partial charge in [-0.05, 0) is 24.8 Å². The number of nitrogens with one attached hydrogen (secondary N) is 1. The highest BCUT2D eigenvalue weighted by Gasteiger charge is 2.47. The summed E-state index contributed by atoms with van der Waals surface area (Å²) in [7, 11) is 0. The Morgan fingerprint density at radius 1 is 1.20 bits per heavy atom. The van der Waals surface area contributed by atoms with Crippen molar-refractivity contribution in [2.45, 2.75) is 23.6 Å². The maximum atomic E-state index is 13.3. The predicted octanol–water partition coefficient (Wildman–Crippen LogP) is 4.37. The summed E-state index contributed by atoms with van der Waals surface area (Å²) in [5, 5.41) is 12.2. The molecule has 5 nitrogen and oxygen atoms in total. The van der Waals surface area contributed by atoms with Gasteiger partial charge in [0.1, 0.15) is 10.4 Å². The molecule has 2 aliphatic rings. The van der Waals surface area contributed by atoms with Gasteiger partial charge in [-0.2, -0.15) is 13.2 Å². The molecule has 1 atom stereocenters. The van der Waals surface area contributed by atoms with Crippen LogP contribution < -0.4 is 5.01 Å². The zero-order valence-electron chi connectivity index (χ0n) is 12.7. The third kappa shape index (κ3) is 2.07. The summed E-state index contributed by atoms with van der Waals surface area (Å²) in [4.78, 5) is 3.31. The van der Waals surface area contributed by atoms with Crippen molar-refractivity contribution in [3.8, 4) is 0 Å². The van der Waals surface area contributed by atoms with Crippen molar-refractivity contribution >= 4 is 34.4 Å². The van der Waals surface area contributed by atoms with E-state index in [-0.39, 0.29) is 10.5 Å². The van der Waals surface area contributed by atoms with Gasteiger partial charge in [-0.3, -0.25) is 5.01 Å². The van der Waals surface area contributed by atoms with Crippen LogP contribution in [0, 0.1) is 6.92 Å². The van der Waals surface area contributed by atoms with Crippen LogP contribution in [-0.4, -0.2) is 19.9 Å². The second-order valence-electron chi connectivity index (χ2n) is 5.72. The molecule has 0 radical (unpaired) electrons. The lowest BCUT2D eigenvalue weighted by molar-refractivity contribution is -0.147. The van der Waals surface area contributed by atoms with E-state index in [9.17, 15) is 13.2 Å². The van der Waals surface area contributed by atoms with Crippen molar-refractivity contribution < 1.29 is 13.2 Å². The van der Waals surface area contributed by atoms with Gasteiger partial charge in [-0.1, -0.05) is 30.0 Å². The van der Waals surface area contributed by atoms with E-state index in [4.69, 9.17) is 0 Å². The molecule has 0 saturated carbocycles. The number of halogens is 3. The molecule has 10 heteroatoms. The number of fused-ring (bicyclic) bond motifs is 4. The van der Waals surface area contributed by atoms with E-state index in [0.717, 1.165) is 31.9 Å². The molecule has 1 N–H and O–H groups in total. The Kier molecular flexibility index (Phi) is 3.03. The van der Waals surface area contributed by atoms with E-state index in [1.165, 1.54) is 23.5 Å². The zero-order valence-corrected chi connectivity index (χ0v) is 14.3. The number of aromatic amines is 1. The predicted molar refractivity (Wildman–Crippen MR) is 90.5 cm³/mol. The summed E-state index contributed by atoms with van der Waals surface area (Å²) in [5.41, 5.74) is 2.88. The number of rotatable bonds is 1. The van der Waals surface area contributed by atoms with Crippen molar-refractivity contribution in [1.29, 1.82) is 0 Å². The maximum Gasteiger partial charge on any atom is 0.453 e. The van der Waals surface area contributed by atoms with Gasteiger partial charge in [0.25, 0.3) is 5.82 Å². The van der Waals surface area contributed by atoms with E-state index in [1.54, 1.807) is 5.01 Å². The van der Waals surface area contributed by atoms with E-state index < -0.39 is 12.0 Å². The highest BCUT2D eigenvalue weighted by Crippen LogP contribution is 2.53. The fourth-order valence-corrected chi connectivity index (χ4v) is 5.58.